The fourth-order valence-corrected chi connectivity index (χ4v) is 5.78. The van der Waals surface area contributed by atoms with Crippen molar-refractivity contribution in [2.75, 3.05) is 13.1 Å². The van der Waals surface area contributed by atoms with Crippen LogP contribution in [0.1, 0.15) is 59.5 Å². The summed E-state index contributed by atoms with van der Waals surface area (Å²) in [4.78, 5) is 49.0. The zero-order valence-electron chi connectivity index (χ0n) is 18.9. The lowest BCUT2D eigenvalue weighted by Gasteiger charge is -2.45. The first kappa shape index (κ1) is 21.2. The fraction of sp³-hybridized carbons (Fsp3) is 0.480. The Morgan fingerprint density at radius 3 is 2.65 bits per heavy atom. The van der Waals surface area contributed by atoms with Crippen molar-refractivity contribution in [2.45, 2.75) is 62.8 Å². The summed E-state index contributed by atoms with van der Waals surface area (Å²) in [6, 6.07) is 5.39. The molecule has 2 saturated heterocycles. The minimum Gasteiger partial charge on any atom is -0.489 e. The second-order valence-corrected chi connectivity index (χ2v) is 9.70. The van der Waals surface area contributed by atoms with Crippen LogP contribution in [0.4, 0.5) is 0 Å². The SMILES string of the molecule is O=C1CCC(N2Cc3cc(OC4CCCC4N4CC(c5cncnc5)C4)ccc3C2=O)C(=O)N1. The van der Waals surface area contributed by atoms with Gasteiger partial charge in [-0.15, -0.1) is 0 Å². The Kier molecular flexibility index (Phi) is 5.28. The maximum absolute atomic E-state index is 12.9. The number of nitrogens with one attached hydrogen (secondary N) is 1. The number of imide groups is 1. The van der Waals surface area contributed by atoms with Gasteiger partial charge in [-0.2, -0.15) is 0 Å². The van der Waals surface area contributed by atoms with E-state index >= 15 is 0 Å². The van der Waals surface area contributed by atoms with Crippen LogP contribution >= 0.6 is 0 Å². The normalized spacial score (nSPS) is 27.5. The van der Waals surface area contributed by atoms with Crippen LogP contribution in [0.25, 0.3) is 0 Å². The Hall–Kier alpha value is -3.33. The van der Waals surface area contributed by atoms with Gasteiger partial charge in [-0.25, -0.2) is 9.97 Å². The van der Waals surface area contributed by atoms with Crippen molar-refractivity contribution >= 4 is 17.7 Å². The summed E-state index contributed by atoms with van der Waals surface area (Å²) in [6.07, 6.45) is 9.38. The van der Waals surface area contributed by atoms with Crippen LogP contribution < -0.4 is 10.1 Å². The number of benzene rings is 1. The number of piperidine rings is 1. The number of ether oxygens (including phenoxy) is 1. The van der Waals surface area contributed by atoms with Gasteiger partial charge in [0.05, 0.1) is 0 Å². The van der Waals surface area contributed by atoms with E-state index in [1.54, 1.807) is 17.3 Å². The van der Waals surface area contributed by atoms with Crippen LogP contribution in [0.3, 0.4) is 0 Å². The average Bonchev–Trinajstić information content (AvgIpc) is 3.38. The van der Waals surface area contributed by atoms with Crippen molar-refractivity contribution in [1.82, 2.24) is 25.1 Å². The predicted molar refractivity (Wildman–Crippen MR) is 121 cm³/mol. The topological polar surface area (TPSA) is 105 Å². The molecule has 34 heavy (non-hydrogen) atoms. The molecule has 3 atom stereocenters. The number of carbonyl (C=O) groups is 3. The molecule has 9 heteroatoms. The molecule has 1 N–H and O–H groups in total. The molecule has 3 fully saturated rings. The molecule has 0 bridgehead atoms. The number of amides is 3. The van der Waals surface area contributed by atoms with Gasteiger partial charge < -0.3 is 9.64 Å². The van der Waals surface area contributed by atoms with Crippen LogP contribution in [-0.4, -0.2) is 68.8 Å². The third kappa shape index (κ3) is 3.73. The standard InChI is InChI=1S/C25H27N5O4/c31-23-7-6-21(24(32)28-23)30-13-15-8-18(4-5-19(15)25(30)33)34-22-3-1-2-20(22)29-11-17(12-29)16-9-26-14-27-10-16/h4-5,8-10,14,17,20-22H,1-3,6-7,11-13H2,(H,28,31,32). The predicted octanol–water partition coefficient (Wildman–Crippen LogP) is 1.64. The minimum atomic E-state index is -0.601. The first-order valence-corrected chi connectivity index (χ1v) is 12.0. The molecule has 0 spiro atoms. The highest BCUT2D eigenvalue weighted by molar-refractivity contribution is 6.05. The van der Waals surface area contributed by atoms with E-state index < -0.39 is 11.9 Å². The molecule has 2 aromatic rings. The number of nitrogens with zero attached hydrogens (tertiary/aromatic N) is 4. The molecule has 4 aliphatic rings. The van der Waals surface area contributed by atoms with Gasteiger partial charge in [-0.1, -0.05) is 0 Å². The second kappa shape index (κ2) is 8.47. The van der Waals surface area contributed by atoms with E-state index in [9.17, 15) is 14.4 Å². The van der Waals surface area contributed by atoms with Gasteiger partial charge in [0, 0.05) is 56.0 Å². The largest absolute Gasteiger partial charge is 0.489 e. The number of fused-ring (bicyclic) bond motifs is 1. The number of aromatic nitrogens is 2. The van der Waals surface area contributed by atoms with E-state index in [2.05, 4.69) is 20.2 Å². The molecule has 6 rings (SSSR count). The molecular weight excluding hydrogens is 434 g/mol. The third-order valence-electron chi connectivity index (χ3n) is 7.63. The van der Waals surface area contributed by atoms with Gasteiger partial charge in [-0.3, -0.25) is 24.6 Å². The molecule has 3 unspecified atom stereocenters. The molecule has 1 aliphatic carbocycles. The molecule has 176 valence electrons. The maximum atomic E-state index is 12.9. The lowest BCUT2D eigenvalue weighted by atomic mass is 9.91. The molecule has 9 nitrogen and oxygen atoms in total. The van der Waals surface area contributed by atoms with E-state index in [4.69, 9.17) is 4.74 Å². The molecule has 1 aromatic carbocycles. The van der Waals surface area contributed by atoms with E-state index in [0.717, 1.165) is 43.7 Å². The quantitative estimate of drug-likeness (QED) is 0.675. The van der Waals surface area contributed by atoms with Crippen molar-refractivity contribution in [1.29, 1.82) is 0 Å². The van der Waals surface area contributed by atoms with Crippen molar-refractivity contribution in [3.63, 3.8) is 0 Å². The first-order valence-electron chi connectivity index (χ1n) is 12.0. The molecule has 1 aromatic heterocycles. The highest BCUT2D eigenvalue weighted by atomic mass is 16.5. The molecule has 3 amide bonds. The van der Waals surface area contributed by atoms with Crippen LogP contribution in [0.2, 0.25) is 0 Å². The third-order valence-corrected chi connectivity index (χ3v) is 7.63. The smallest absolute Gasteiger partial charge is 0.255 e. The molecule has 4 heterocycles. The monoisotopic (exact) mass is 461 g/mol. The molecule has 0 radical (unpaired) electrons. The summed E-state index contributed by atoms with van der Waals surface area (Å²) in [5.41, 5.74) is 2.67. The van der Waals surface area contributed by atoms with Crippen LogP contribution in [0.5, 0.6) is 5.75 Å². The summed E-state index contributed by atoms with van der Waals surface area (Å²) in [7, 11) is 0. The number of hydrogen-bond donors (Lipinski definition) is 1. The van der Waals surface area contributed by atoms with Crippen LogP contribution in [-0.2, 0) is 16.1 Å². The fourth-order valence-electron chi connectivity index (χ4n) is 5.78. The van der Waals surface area contributed by atoms with Gasteiger partial charge in [0.1, 0.15) is 24.2 Å². The van der Waals surface area contributed by atoms with Gasteiger partial charge >= 0.3 is 0 Å². The maximum Gasteiger partial charge on any atom is 0.255 e. The van der Waals surface area contributed by atoms with Gasteiger partial charge in [0.15, 0.2) is 0 Å². The number of carbonyl (C=O) groups excluding carboxylic acids is 3. The van der Waals surface area contributed by atoms with Crippen molar-refractivity contribution in [3.8, 4) is 5.75 Å². The first-order chi connectivity index (χ1) is 16.6. The van der Waals surface area contributed by atoms with E-state index in [1.807, 2.05) is 24.5 Å². The van der Waals surface area contributed by atoms with Crippen molar-refractivity contribution in [3.05, 3.63) is 53.6 Å². The second-order valence-electron chi connectivity index (χ2n) is 9.70. The number of hydrogen-bond acceptors (Lipinski definition) is 7. The lowest BCUT2D eigenvalue weighted by molar-refractivity contribution is -0.136. The van der Waals surface area contributed by atoms with Crippen LogP contribution in [0, 0.1) is 0 Å². The van der Waals surface area contributed by atoms with E-state index in [1.165, 1.54) is 5.56 Å². The van der Waals surface area contributed by atoms with Crippen LogP contribution in [0.15, 0.2) is 36.9 Å². The van der Waals surface area contributed by atoms with E-state index in [-0.39, 0.29) is 24.3 Å². The molecular formula is C25H27N5O4. The van der Waals surface area contributed by atoms with Gasteiger partial charge in [0.25, 0.3) is 5.91 Å². The Labute approximate surface area is 197 Å². The Bertz CT molecular complexity index is 1130. The lowest BCUT2D eigenvalue weighted by Crippen LogP contribution is -2.54. The Balaban J connectivity index is 1.11. The number of likely N-dealkylation sites (tertiary alicyclic amines) is 1. The Morgan fingerprint density at radius 1 is 1.03 bits per heavy atom. The minimum absolute atomic E-state index is 0.120. The highest BCUT2D eigenvalue weighted by Gasteiger charge is 2.42. The number of rotatable bonds is 5. The zero-order chi connectivity index (χ0) is 23.2. The zero-order valence-corrected chi connectivity index (χ0v) is 18.9. The summed E-state index contributed by atoms with van der Waals surface area (Å²) < 4.78 is 6.44. The average molecular weight is 462 g/mol. The van der Waals surface area contributed by atoms with Crippen molar-refractivity contribution in [2.24, 2.45) is 0 Å². The van der Waals surface area contributed by atoms with Gasteiger partial charge in [-0.05, 0) is 55.0 Å². The summed E-state index contributed by atoms with van der Waals surface area (Å²) in [5.74, 6) is 0.413. The van der Waals surface area contributed by atoms with Crippen molar-refractivity contribution < 1.29 is 19.1 Å². The molecule has 1 saturated carbocycles. The highest BCUT2D eigenvalue weighted by Crippen LogP contribution is 2.37. The summed E-state index contributed by atoms with van der Waals surface area (Å²) >= 11 is 0. The van der Waals surface area contributed by atoms with Gasteiger partial charge in [0.2, 0.25) is 11.8 Å². The van der Waals surface area contributed by atoms with E-state index in [0.29, 0.717) is 30.5 Å². The summed E-state index contributed by atoms with van der Waals surface area (Å²) in [6.45, 7) is 2.35. The Morgan fingerprint density at radius 2 is 1.85 bits per heavy atom. The summed E-state index contributed by atoms with van der Waals surface area (Å²) in [5, 5.41) is 2.35. The molecule has 3 aliphatic heterocycles.